The number of furan rings is 6. The molecule has 0 bridgehead atoms. The Hall–Kier alpha value is -17.5. The Morgan fingerprint density at radius 1 is 0.131 bits per heavy atom. The second kappa shape index (κ2) is 29.1. The summed E-state index contributed by atoms with van der Waals surface area (Å²) in [5.41, 5.74) is 34.2. The van der Waals surface area contributed by atoms with Crippen LogP contribution in [0.4, 0.5) is 0 Å². The topological polar surface area (TPSA) is 105 Å². The Kier molecular flexibility index (Phi) is 16.3. The first-order chi connectivity index (χ1) is 64.4. The van der Waals surface area contributed by atoms with E-state index in [-0.39, 0.29) is 0 Å². The number of benzene rings is 20. The third kappa shape index (κ3) is 11.7. The van der Waals surface area contributed by atoms with E-state index in [2.05, 4.69) is 364 Å². The van der Waals surface area contributed by atoms with Crippen LogP contribution < -0.4 is 0 Å². The molecular formula is C122H70N2O6. The highest BCUT2D eigenvalue weighted by Gasteiger charge is 2.27. The monoisotopic (exact) mass is 1660 g/mol. The van der Waals surface area contributed by atoms with E-state index in [1.54, 1.807) is 0 Å². The average Bonchev–Trinajstić information content (AvgIpc) is 1.46. The lowest BCUT2D eigenvalue weighted by Crippen LogP contribution is -1.93. The fourth-order valence-electron chi connectivity index (χ4n) is 20.6. The van der Waals surface area contributed by atoms with Gasteiger partial charge in [-0.25, -0.2) is 9.97 Å². The van der Waals surface area contributed by atoms with Crippen molar-refractivity contribution in [3.8, 4) is 112 Å². The molecular weight excluding hydrogens is 1590 g/mol. The van der Waals surface area contributed by atoms with Crippen molar-refractivity contribution in [2.45, 2.75) is 0 Å². The Bertz CT molecular complexity index is 9290. The van der Waals surface area contributed by atoms with Crippen LogP contribution in [0.2, 0.25) is 0 Å². The molecule has 0 N–H and O–H groups in total. The van der Waals surface area contributed by atoms with Crippen LogP contribution in [0.15, 0.2) is 451 Å². The van der Waals surface area contributed by atoms with Crippen molar-refractivity contribution < 1.29 is 26.5 Å². The van der Waals surface area contributed by atoms with E-state index in [0.717, 1.165) is 276 Å². The van der Waals surface area contributed by atoms with Gasteiger partial charge < -0.3 is 26.5 Å². The van der Waals surface area contributed by atoms with Gasteiger partial charge in [0.25, 0.3) is 0 Å². The molecule has 0 unspecified atom stereocenters. The molecule has 0 spiro atoms. The summed E-state index contributed by atoms with van der Waals surface area (Å²) in [4.78, 5) is 10.8. The van der Waals surface area contributed by atoms with Crippen molar-refractivity contribution in [2.24, 2.45) is 0 Å². The van der Waals surface area contributed by atoms with Gasteiger partial charge in [0.15, 0.2) is 0 Å². The number of fused-ring (bicyclic) bond motifs is 24. The fraction of sp³-hybridized carbons (Fsp3) is 0. The summed E-state index contributed by atoms with van der Waals surface area (Å²) in [6.07, 6.45) is 0. The first kappa shape index (κ1) is 72.9. The summed E-state index contributed by atoms with van der Waals surface area (Å²) in [5.74, 6) is 0. The molecule has 20 aromatic carbocycles. The molecule has 8 heterocycles. The van der Waals surface area contributed by atoms with E-state index in [1.165, 1.54) is 10.8 Å². The van der Waals surface area contributed by atoms with E-state index in [1.807, 2.05) is 60.7 Å². The zero-order chi connectivity index (χ0) is 85.2. The quantitative estimate of drug-likeness (QED) is 0.125. The molecule has 0 saturated heterocycles. The van der Waals surface area contributed by atoms with Crippen LogP contribution >= 0.6 is 0 Å². The third-order valence-electron chi connectivity index (χ3n) is 26.5. The molecule has 28 aromatic rings. The van der Waals surface area contributed by atoms with E-state index in [0.29, 0.717) is 0 Å². The van der Waals surface area contributed by atoms with Crippen molar-refractivity contribution in [2.75, 3.05) is 0 Å². The van der Waals surface area contributed by atoms with Crippen molar-refractivity contribution in [3.05, 3.63) is 425 Å². The summed E-state index contributed by atoms with van der Waals surface area (Å²) in [5, 5.41) is 19.9. The summed E-state index contributed by atoms with van der Waals surface area (Å²) in [7, 11) is 0. The van der Waals surface area contributed by atoms with Crippen molar-refractivity contribution in [1.29, 1.82) is 0 Å². The first-order valence-corrected chi connectivity index (χ1v) is 44.0. The molecule has 130 heavy (non-hydrogen) atoms. The van der Waals surface area contributed by atoms with Gasteiger partial charge in [0.1, 0.15) is 67.0 Å². The van der Waals surface area contributed by atoms with E-state index in [4.69, 9.17) is 36.5 Å². The zero-order valence-electron chi connectivity index (χ0n) is 69.8. The highest BCUT2D eigenvalue weighted by atomic mass is 16.3. The predicted octanol–water partition coefficient (Wildman–Crippen LogP) is 34.8. The van der Waals surface area contributed by atoms with E-state index in [9.17, 15) is 0 Å². The van der Waals surface area contributed by atoms with Gasteiger partial charge in [-0.3, -0.25) is 0 Å². The van der Waals surface area contributed by atoms with Gasteiger partial charge in [0, 0.05) is 119 Å². The predicted molar refractivity (Wildman–Crippen MR) is 537 cm³/mol. The minimum Gasteiger partial charge on any atom is -0.456 e. The van der Waals surface area contributed by atoms with Gasteiger partial charge in [-0.15, -0.1) is 0 Å². The molecule has 8 aromatic heterocycles. The van der Waals surface area contributed by atoms with Crippen molar-refractivity contribution in [1.82, 2.24) is 9.97 Å². The van der Waals surface area contributed by atoms with Gasteiger partial charge in [-0.2, -0.15) is 0 Å². The van der Waals surface area contributed by atoms with Gasteiger partial charge >= 0.3 is 0 Å². The molecule has 28 rings (SSSR count). The van der Waals surface area contributed by atoms with Crippen LogP contribution in [0.3, 0.4) is 0 Å². The molecule has 604 valence electrons. The van der Waals surface area contributed by atoms with Crippen LogP contribution in [-0.2, 0) is 0 Å². The van der Waals surface area contributed by atoms with Crippen LogP contribution in [0.25, 0.3) is 287 Å². The number of para-hydroxylation sites is 8. The standard InChI is InChI=1S/2C61H35NO3/c1-2-14-37(15-3-1)56-59-44-16-4-8-22-49(44)62-61(48(59)35-55-60(56)47-19-7-11-25-52(47)65-55)38-30-28-36(29-31-38)39-32-40(42-20-12-26-53-57(42)45-17-5-9-23-50(45)63-53)34-41(33-39)43-21-13-27-54-58(43)46-18-6-10-24-51(46)64-54;1-2-12-37(13-3-1)58-59-46-16-4-8-18-51(46)62-61(50(59)35-57-60(58)47-17-7-11-21-54(47)65-57)38-24-22-36(23-25-38)41-30-42(39-26-28-55-48(33-39)44-14-5-9-19-52(44)63-55)32-43(31-41)40-27-29-56-49(34-40)45-15-6-10-20-53(45)64-56/h2*1-35H. The third-order valence-corrected chi connectivity index (χ3v) is 26.5. The van der Waals surface area contributed by atoms with Gasteiger partial charge in [0.2, 0.25) is 0 Å². The molecule has 0 amide bonds. The molecule has 0 aliphatic rings. The van der Waals surface area contributed by atoms with Gasteiger partial charge in [-0.1, -0.05) is 291 Å². The molecule has 0 fully saturated rings. The second-order valence-electron chi connectivity index (χ2n) is 33.9. The Morgan fingerprint density at radius 3 is 0.808 bits per heavy atom. The maximum absolute atomic E-state index is 6.65. The average molecular weight is 1660 g/mol. The Balaban J connectivity index is 0.000000134. The Labute approximate surface area is 742 Å². The van der Waals surface area contributed by atoms with E-state index < -0.39 is 0 Å². The number of rotatable bonds is 10. The van der Waals surface area contributed by atoms with Crippen molar-refractivity contribution in [3.63, 3.8) is 0 Å². The number of aromatic nitrogens is 2. The molecule has 0 atom stereocenters. The normalized spacial score (nSPS) is 12.0. The van der Waals surface area contributed by atoms with Crippen LogP contribution in [0, 0.1) is 0 Å². The fourth-order valence-corrected chi connectivity index (χ4v) is 20.6. The van der Waals surface area contributed by atoms with Crippen LogP contribution in [-0.4, -0.2) is 9.97 Å². The molecule has 0 aliphatic heterocycles. The summed E-state index contributed by atoms with van der Waals surface area (Å²) >= 11 is 0. The number of hydrogen-bond donors (Lipinski definition) is 0. The van der Waals surface area contributed by atoms with Crippen LogP contribution in [0.5, 0.6) is 0 Å². The minimum atomic E-state index is 0.845. The maximum Gasteiger partial charge on any atom is 0.136 e. The number of pyridine rings is 2. The molecule has 0 radical (unpaired) electrons. The minimum absolute atomic E-state index is 0.845. The first-order valence-electron chi connectivity index (χ1n) is 44.0. The molecule has 0 aliphatic carbocycles. The summed E-state index contributed by atoms with van der Waals surface area (Å²) in [6, 6.07) is 150. The zero-order valence-corrected chi connectivity index (χ0v) is 69.8. The highest BCUT2D eigenvalue weighted by molar-refractivity contribution is 6.30. The lowest BCUT2D eigenvalue weighted by Gasteiger charge is -2.16. The lowest BCUT2D eigenvalue weighted by molar-refractivity contribution is 0.668. The largest absolute Gasteiger partial charge is 0.456 e. The highest BCUT2D eigenvalue weighted by Crippen LogP contribution is 2.52. The number of nitrogens with zero attached hydrogens (tertiary/aromatic N) is 2. The smallest absolute Gasteiger partial charge is 0.136 e. The van der Waals surface area contributed by atoms with Gasteiger partial charge in [0.05, 0.1) is 22.4 Å². The summed E-state index contributed by atoms with van der Waals surface area (Å²) in [6.45, 7) is 0. The number of hydrogen-bond acceptors (Lipinski definition) is 8. The summed E-state index contributed by atoms with van der Waals surface area (Å²) < 4.78 is 38.6. The second-order valence-corrected chi connectivity index (χ2v) is 33.9. The Morgan fingerprint density at radius 2 is 0.408 bits per heavy atom. The SMILES string of the molecule is c1ccc(-c2c3c(cc4c(-c5ccc(-c6cc(-c7ccc8oc9ccccc9c8c7)cc(-c7ccc8oc9ccccc9c8c7)c6)cc5)nc5ccccc5c24)oc2ccccc23)cc1.c1ccc(-c2c3c(cc4c(-c5ccc(-c6cc(-c7cccc8oc9ccccc9c78)cc(-c7cccc8oc9ccccc9c78)c6)cc5)nc5ccccc5c24)oc2ccccc23)cc1. The lowest BCUT2D eigenvalue weighted by atomic mass is 9.89. The molecule has 0 saturated carbocycles. The molecule has 8 nitrogen and oxygen atoms in total. The van der Waals surface area contributed by atoms with Gasteiger partial charge in [-0.05, 0) is 211 Å². The van der Waals surface area contributed by atoms with E-state index >= 15 is 0 Å². The molecule has 8 heteroatoms. The van der Waals surface area contributed by atoms with Crippen LogP contribution in [0.1, 0.15) is 0 Å². The maximum atomic E-state index is 6.65. The van der Waals surface area contributed by atoms with Crippen molar-refractivity contribution >= 4 is 175 Å².